The Morgan fingerprint density at radius 2 is 1.53 bits per heavy atom. The third-order valence-corrected chi connectivity index (χ3v) is 2.94. The standard InChI is InChI=1S/C11H17NO3/c1-7-8(2)10(15)12(9(7)14)11(3,4)5-6-13/h13H,5-6H2,1-4H3. The predicted molar refractivity (Wildman–Crippen MR) is 56.0 cm³/mol. The summed E-state index contributed by atoms with van der Waals surface area (Å²) in [7, 11) is 0. The lowest BCUT2D eigenvalue weighted by Gasteiger charge is -2.33. The van der Waals surface area contributed by atoms with Crippen LogP contribution in [0.25, 0.3) is 0 Å². The zero-order valence-corrected chi connectivity index (χ0v) is 9.63. The van der Waals surface area contributed by atoms with Crippen LogP contribution < -0.4 is 0 Å². The van der Waals surface area contributed by atoms with E-state index in [1.54, 1.807) is 27.7 Å². The Kier molecular flexibility index (Phi) is 3.00. The molecule has 1 rings (SSSR count). The van der Waals surface area contributed by atoms with Crippen LogP contribution in [0.4, 0.5) is 0 Å². The largest absolute Gasteiger partial charge is 0.396 e. The smallest absolute Gasteiger partial charge is 0.257 e. The number of imide groups is 1. The highest BCUT2D eigenvalue weighted by molar-refractivity contribution is 6.19. The number of amides is 2. The van der Waals surface area contributed by atoms with Crippen molar-refractivity contribution in [1.82, 2.24) is 4.90 Å². The molecule has 15 heavy (non-hydrogen) atoms. The Balaban J connectivity index is 3.02. The number of rotatable bonds is 3. The fourth-order valence-corrected chi connectivity index (χ4v) is 1.68. The average Bonchev–Trinajstić information content (AvgIpc) is 2.31. The number of carbonyl (C=O) groups is 2. The molecule has 0 atom stereocenters. The summed E-state index contributed by atoms with van der Waals surface area (Å²) in [4.78, 5) is 24.9. The first kappa shape index (κ1) is 11.9. The van der Waals surface area contributed by atoms with Gasteiger partial charge in [-0.2, -0.15) is 0 Å². The molecule has 1 aliphatic heterocycles. The van der Waals surface area contributed by atoms with E-state index in [0.717, 1.165) is 0 Å². The van der Waals surface area contributed by atoms with Crippen molar-refractivity contribution in [2.24, 2.45) is 0 Å². The van der Waals surface area contributed by atoms with Gasteiger partial charge in [-0.15, -0.1) is 0 Å². The molecule has 0 unspecified atom stereocenters. The molecule has 0 radical (unpaired) electrons. The van der Waals surface area contributed by atoms with Gasteiger partial charge in [0.1, 0.15) is 0 Å². The maximum Gasteiger partial charge on any atom is 0.257 e. The van der Waals surface area contributed by atoms with Gasteiger partial charge in [0.2, 0.25) is 0 Å². The number of aliphatic hydroxyl groups is 1. The molecule has 0 fully saturated rings. The maximum atomic E-state index is 11.8. The molecule has 0 aromatic heterocycles. The van der Waals surface area contributed by atoms with E-state index in [-0.39, 0.29) is 18.4 Å². The highest BCUT2D eigenvalue weighted by atomic mass is 16.3. The first-order chi connectivity index (χ1) is 6.83. The van der Waals surface area contributed by atoms with Gasteiger partial charge >= 0.3 is 0 Å². The number of hydrogen-bond donors (Lipinski definition) is 1. The highest BCUT2D eigenvalue weighted by Crippen LogP contribution is 2.29. The lowest BCUT2D eigenvalue weighted by atomic mass is 9.98. The summed E-state index contributed by atoms with van der Waals surface area (Å²) in [5.74, 6) is -0.480. The summed E-state index contributed by atoms with van der Waals surface area (Å²) in [5, 5.41) is 8.90. The Labute approximate surface area is 89.6 Å². The second kappa shape index (κ2) is 3.77. The van der Waals surface area contributed by atoms with Crippen molar-refractivity contribution >= 4 is 11.8 Å². The molecule has 0 aliphatic carbocycles. The van der Waals surface area contributed by atoms with Crippen molar-refractivity contribution in [3.63, 3.8) is 0 Å². The minimum atomic E-state index is -0.623. The van der Waals surface area contributed by atoms with Crippen LogP contribution in [-0.2, 0) is 9.59 Å². The van der Waals surface area contributed by atoms with E-state index in [1.165, 1.54) is 4.90 Å². The lowest BCUT2D eigenvalue weighted by Crippen LogP contribution is -2.48. The molecule has 1 heterocycles. The average molecular weight is 211 g/mol. The van der Waals surface area contributed by atoms with Gasteiger partial charge < -0.3 is 5.11 Å². The summed E-state index contributed by atoms with van der Waals surface area (Å²) in [6, 6.07) is 0. The number of nitrogens with zero attached hydrogens (tertiary/aromatic N) is 1. The minimum Gasteiger partial charge on any atom is -0.396 e. The molecular weight excluding hydrogens is 194 g/mol. The molecule has 0 aromatic rings. The molecule has 4 nitrogen and oxygen atoms in total. The van der Waals surface area contributed by atoms with E-state index < -0.39 is 5.54 Å². The van der Waals surface area contributed by atoms with E-state index >= 15 is 0 Å². The Morgan fingerprint density at radius 1 is 1.13 bits per heavy atom. The first-order valence-electron chi connectivity index (χ1n) is 5.00. The van der Waals surface area contributed by atoms with Crippen molar-refractivity contribution in [1.29, 1.82) is 0 Å². The monoisotopic (exact) mass is 211 g/mol. The minimum absolute atomic E-state index is 0.0395. The van der Waals surface area contributed by atoms with Gasteiger partial charge in [0.05, 0.1) is 0 Å². The van der Waals surface area contributed by atoms with Gasteiger partial charge in [-0.05, 0) is 34.1 Å². The van der Waals surface area contributed by atoms with Crippen LogP contribution >= 0.6 is 0 Å². The summed E-state index contributed by atoms with van der Waals surface area (Å²) < 4.78 is 0. The molecule has 4 heteroatoms. The molecule has 0 spiro atoms. The van der Waals surface area contributed by atoms with Gasteiger partial charge in [-0.1, -0.05) is 0 Å². The Bertz CT molecular complexity index is 318. The SMILES string of the molecule is CC1=C(C)C(=O)N(C(C)(C)CCO)C1=O. The number of aliphatic hydroxyl groups excluding tert-OH is 1. The molecular formula is C11H17NO3. The topological polar surface area (TPSA) is 57.6 Å². The van der Waals surface area contributed by atoms with Crippen LogP contribution in [0.2, 0.25) is 0 Å². The number of carbonyl (C=O) groups excluding carboxylic acids is 2. The van der Waals surface area contributed by atoms with Gasteiger partial charge in [0.15, 0.2) is 0 Å². The molecule has 2 amide bonds. The van der Waals surface area contributed by atoms with Crippen molar-refractivity contribution in [2.75, 3.05) is 6.61 Å². The summed E-state index contributed by atoms with van der Waals surface area (Å²) in [6.45, 7) is 6.84. The molecule has 0 saturated heterocycles. The molecule has 0 bridgehead atoms. The zero-order chi connectivity index (χ0) is 11.8. The van der Waals surface area contributed by atoms with Crippen LogP contribution in [0.15, 0.2) is 11.1 Å². The Morgan fingerprint density at radius 3 is 1.87 bits per heavy atom. The zero-order valence-electron chi connectivity index (χ0n) is 9.63. The summed E-state index contributed by atoms with van der Waals surface area (Å²) in [6.07, 6.45) is 0.394. The quantitative estimate of drug-likeness (QED) is 0.704. The maximum absolute atomic E-state index is 11.8. The van der Waals surface area contributed by atoms with Crippen LogP contribution in [0.3, 0.4) is 0 Å². The van der Waals surface area contributed by atoms with Crippen molar-refractivity contribution in [2.45, 2.75) is 39.7 Å². The molecule has 0 saturated carbocycles. The second-order valence-corrected chi connectivity index (χ2v) is 4.48. The van der Waals surface area contributed by atoms with Crippen molar-refractivity contribution < 1.29 is 14.7 Å². The first-order valence-corrected chi connectivity index (χ1v) is 5.00. The van der Waals surface area contributed by atoms with Crippen LogP contribution in [0, 0.1) is 0 Å². The molecule has 1 aliphatic rings. The third kappa shape index (κ3) is 1.81. The molecule has 1 N–H and O–H groups in total. The fraction of sp³-hybridized carbons (Fsp3) is 0.636. The highest BCUT2D eigenvalue weighted by Gasteiger charge is 2.42. The summed E-state index contributed by atoms with van der Waals surface area (Å²) >= 11 is 0. The van der Waals surface area contributed by atoms with Crippen molar-refractivity contribution in [3.05, 3.63) is 11.1 Å². The number of hydrogen-bond acceptors (Lipinski definition) is 3. The van der Waals surface area contributed by atoms with Crippen LogP contribution in [0.1, 0.15) is 34.1 Å². The fourth-order valence-electron chi connectivity index (χ4n) is 1.68. The van der Waals surface area contributed by atoms with E-state index in [9.17, 15) is 9.59 Å². The van der Waals surface area contributed by atoms with Gasteiger partial charge in [0.25, 0.3) is 11.8 Å². The Hall–Kier alpha value is -1.16. The lowest BCUT2D eigenvalue weighted by molar-refractivity contribution is -0.144. The summed E-state index contributed by atoms with van der Waals surface area (Å²) in [5.41, 5.74) is 0.388. The normalized spacial score (nSPS) is 18.1. The van der Waals surface area contributed by atoms with E-state index in [0.29, 0.717) is 17.6 Å². The van der Waals surface area contributed by atoms with E-state index in [4.69, 9.17) is 5.11 Å². The molecule has 84 valence electrons. The second-order valence-electron chi connectivity index (χ2n) is 4.48. The van der Waals surface area contributed by atoms with Gasteiger partial charge in [-0.3, -0.25) is 14.5 Å². The van der Waals surface area contributed by atoms with Crippen LogP contribution in [-0.4, -0.2) is 34.0 Å². The predicted octanol–water partition coefficient (Wildman–Crippen LogP) is 0.853. The van der Waals surface area contributed by atoms with E-state index in [2.05, 4.69) is 0 Å². The van der Waals surface area contributed by atoms with Gasteiger partial charge in [-0.25, -0.2) is 0 Å². The van der Waals surface area contributed by atoms with Gasteiger partial charge in [0, 0.05) is 23.3 Å². The van der Waals surface area contributed by atoms with Crippen molar-refractivity contribution in [3.8, 4) is 0 Å². The van der Waals surface area contributed by atoms with Crippen LogP contribution in [0.5, 0.6) is 0 Å². The third-order valence-electron chi connectivity index (χ3n) is 2.94. The van der Waals surface area contributed by atoms with E-state index in [1.807, 2.05) is 0 Å². The molecule has 0 aromatic carbocycles.